The van der Waals surface area contributed by atoms with Crippen molar-refractivity contribution in [3.8, 4) is 0 Å². The summed E-state index contributed by atoms with van der Waals surface area (Å²) in [7, 11) is 0. The largest absolute Gasteiger partial charge is 0.544 e. The molecule has 0 spiro atoms. The van der Waals surface area contributed by atoms with E-state index in [0.717, 1.165) is 4.90 Å². The molecule has 1 aliphatic heterocycles. The number of carboxylic acids is 1. The molecule has 0 unspecified atom stereocenters. The van der Waals surface area contributed by atoms with Gasteiger partial charge in [-0.1, -0.05) is 0 Å². The smallest absolute Gasteiger partial charge is 0.410 e. The Hall–Kier alpha value is -2.15. The van der Waals surface area contributed by atoms with Crippen LogP contribution in [0, 0.1) is 5.82 Å². The van der Waals surface area contributed by atoms with Crippen molar-refractivity contribution in [2.75, 3.05) is 26.2 Å². The molecule has 0 aliphatic carbocycles. The third kappa shape index (κ3) is 4.67. The highest BCUT2D eigenvalue weighted by atomic mass is 19.1. The Labute approximate surface area is 140 Å². The van der Waals surface area contributed by atoms with Crippen molar-refractivity contribution in [3.63, 3.8) is 0 Å². The number of amides is 1. The number of rotatable bonds is 3. The molecule has 6 nitrogen and oxygen atoms in total. The monoisotopic (exact) mass is 338 g/mol. The zero-order chi connectivity index (χ0) is 17.9. The van der Waals surface area contributed by atoms with Crippen LogP contribution in [0.4, 0.5) is 9.18 Å². The van der Waals surface area contributed by atoms with E-state index in [1.165, 1.54) is 24.3 Å². The first-order chi connectivity index (χ1) is 11.2. The Bertz CT molecular complexity index is 590. The first-order valence-corrected chi connectivity index (χ1v) is 7.96. The molecule has 1 aromatic carbocycles. The summed E-state index contributed by atoms with van der Waals surface area (Å²) in [6, 6.07) is 4.52. The van der Waals surface area contributed by atoms with E-state index in [0.29, 0.717) is 31.7 Å². The molecule has 1 aliphatic rings. The van der Waals surface area contributed by atoms with Gasteiger partial charge in [-0.15, -0.1) is 0 Å². The van der Waals surface area contributed by atoms with E-state index >= 15 is 0 Å². The SMILES string of the molecule is CC(C)(C)OC(=O)N1CC[NH+]([C@H](C(=O)[O-])c2ccc(F)cc2)CC1. The number of ether oxygens (including phenoxy) is 1. The molecule has 1 N–H and O–H groups in total. The van der Waals surface area contributed by atoms with Crippen molar-refractivity contribution in [1.82, 2.24) is 4.90 Å². The molecule has 24 heavy (non-hydrogen) atoms. The van der Waals surface area contributed by atoms with E-state index in [2.05, 4.69) is 0 Å². The molecule has 1 aromatic rings. The lowest BCUT2D eigenvalue weighted by atomic mass is 10.0. The predicted molar refractivity (Wildman–Crippen MR) is 82.7 cm³/mol. The summed E-state index contributed by atoms with van der Waals surface area (Å²) in [4.78, 5) is 26.0. The van der Waals surface area contributed by atoms with Crippen molar-refractivity contribution >= 4 is 12.1 Å². The van der Waals surface area contributed by atoms with Crippen molar-refractivity contribution in [3.05, 3.63) is 35.6 Å². The van der Waals surface area contributed by atoms with Gasteiger partial charge in [-0.05, 0) is 45.0 Å². The number of aliphatic carboxylic acids is 1. The second kappa shape index (κ2) is 7.17. The van der Waals surface area contributed by atoms with Crippen LogP contribution in [0.5, 0.6) is 0 Å². The number of carbonyl (C=O) groups excluding carboxylic acids is 2. The van der Waals surface area contributed by atoms with Gasteiger partial charge >= 0.3 is 6.09 Å². The summed E-state index contributed by atoms with van der Waals surface area (Å²) in [6.07, 6.45) is -0.395. The fraction of sp³-hybridized carbons (Fsp3) is 0.529. The first-order valence-electron chi connectivity index (χ1n) is 7.96. The summed E-state index contributed by atoms with van der Waals surface area (Å²) in [5, 5.41) is 11.6. The van der Waals surface area contributed by atoms with Crippen molar-refractivity contribution in [2.24, 2.45) is 0 Å². The molecule has 1 atom stereocenters. The Kier molecular flexibility index (Phi) is 5.43. The molecule has 0 aromatic heterocycles. The van der Waals surface area contributed by atoms with Crippen molar-refractivity contribution < 1.29 is 28.7 Å². The number of quaternary nitrogens is 1. The number of hydrogen-bond donors (Lipinski definition) is 1. The highest BCUT2D eigenvalue weighted by Crippen LogP contribution is 2.13. The highest BCUT2D eigenvalue weighted by Gasteiger charge is 2.32. The van der Waals surface area contributed by atoms with E-state index in [4.69, 9.17) is 4.74 Å². The van der Waals surface area contributed by atoms with Crippen LogP contribution in [0.2, 0.25) is 0 Å². The summed E-state index contributed by atoms with van der Waals surface area (Å²) in [6.45, 7) is 7.10. The molecule has 1 amide bonds. The van der Waals surface area contributed by atoms with Gasteiger partial charge in [0.05, 0.1) is 26.2 Å². The molecular weight excluding hydrogens is 315 g/mol. The first kappa shape index (κ1) is 18.2. The van der Waals surface area contributed by atoms with Crippen LogP contribution >= 0.6 is 0 Å². The molecule has 132 valence electrons. The Balaban J connectivity index is 2.02. The second-order valence-electron chi connectivity index (χ2n) is 6.93. The van der Waals surface area contributed by atoms with Crippen LogP contribution in [0.3, 0.4) is 0 Å². The summed E-state index contributed by atoms with van der Waals surface area (Å²) >= 11 is 0. The number of benzene rings is 1. The van der Waals surface area contributed by atoms with Crippen molar-refractivity contribution in [2.45, 2.75) is 32.4 Å². The van der Waals surface area contributed by atoms with E-state index in [9.17, 15) is 19.1 Å². The minimum absolute atomic E-state index is 0.395. The Morgan fingerprint density at radius 2 is 1.75 bits per heavy atom. The van der Waals surface area contributed by atoms with Gasteiger partial charge < -0.3 is 19.5 Å². The maximum Gasteiger partial charge on any atom is 0.410 e. The Morgan fingerprint density at radius 1 is 1.21 bits per heavy atom. The minimum atomic E-state index is -1.21. The number of halogens is 1. The van der Waals surface area contributed by atoms with Gasteiger partial charge in [-0.3, -0.25) is 4.90 Å². The molecule has 0 bridgehead atoms. The number of piperazine rings is 1. The molecular formula is C17H23FN2O4. The van der Waals surface area contributed by atoms with Crippen LogP contribution in [-0.4, -0.2) is 48.7 Å². The third-order valence-electron chi connectivity index (χ3n) is 3.90. The van der Waals surface area contributed by atoms with Gasteiger partial charge in [0, 0.05) is 5.56 Å². The van der Waals surface area contributed by atoms with Crippen molar-refractivity contribution in [1.29, 1.82) is 0 Å². The van der Waals surface area contributed by atoms with E-state index in [1.54, 1.807) is 25.7 Å². The van der Waals surface area contributed by atoms with E-state index in [-0.39, 0.29) is 0 Å². The molecule has 0 saturated carbocycles. The molecule has 1 heterocycles. The van der Waals surface area contributed by atoms with Crippen LogP contribution < -0.4 is 10.0 Å². The van der Waals surface area contributed by atoms with Gasteiger partial charge in [0.1, 0.15) is 17.4 Å². The lowest BCUT2D eigenvalue weighted by Crippen LogP contribution is -3.16. The molecule has 0 radical (unpaired) electrons. The number of hydrogen-bond acceptors (Lipinski definition) is 4. The van der Waals surface area contributed by atoms with Crippen LogP contribution in [-0.2, 0) is 9.53 Å². The molecule has 7 heteroatoms. The number of carbonyl (C=O) groups is 2. The zero-order valence-electron chi connectivity index (χ0n) is 14.2. The van der Waals surface area contributed by atoms with Gasteiger partial charge in [-0.2, -0.15) is 0 Å². The van der Waals surface area contributed by atoms with E-state index in [1.807, 2.05) is 0 Å². The number of carboxylic acid groups (broad SMARTS) is 1. The number of nitrogens with one attached hydrogen (secondary N) is 1. The van der Waals surface area contributed by atoms with Crippen LogP contribution in [0.15, 0.2) is 24.3 Å². The lowest BCUT2D eigenvalue weighted by Gasteiger charge is -2.37. The fourth-order valence-corrected chi connectivity index (χ4v) is 2.79. The van der Waals surface area contributed by atoms with Gasteiger partial charge in [0.25, 0.3) is 0 Å². The van der Waals surface area contributed by atoms with Gasteiger partial charge in [0.15, 0.2) is 6.04 Å². The summed E-state index contributed by atoms with van der Waals surface area (Å²) < 4.78 is 18.4. The maximum absolute atomic E-state index is 13.0. The normalized spacial score (nSPS) is 17.4. The van der Waals surface area contributed by atoms with Gasteiger partial charge in [-0.25, -0.2) is 9.18 Å². The Morgan fingerprint density at radius 3 is 2.21 bits per heavy atom. The fourth-order valence-electron chi connectivity index (χ4n) is 2.79. The lowest BCUT2D eigenvalue weighted by molar-refractivity contribution is -0.928. The standard InChI is InChI=1S/C17H23FN2O4/c1-17(2,3)24-16(23)20-10-8-19(9-11-20)14(15(21)22)12-4-6-13(18)7-5-12/h4-7,14H,8-11H2,1-3H3,(H,21,22)/t14-/m0/s1. The molecule has 1 fully saturated rings. The minimum Gasteiger partial charge on any atom is -0.544 e. The van der Waals surface area contributed by atoms with E-state index < -0.39 is 29.5 Å². The highest BCUT2D eigenvalue weighted by molar-refractivity contribution is 5.72. The van der Waals surface area contributed by atoms with Gasteiger partial charge in [0.2, 0.25) is 0 Å². The average Bonchev–Trinajstić information content (AvgIpc) is 2.48. The maximum atomic E-state index is 13.0. The second-order valence-corrected chi connectivity index (χ2v) is 6.93. The average molecular weight is 338 g/mol. The topological polar surface area (TPSA) is 74.1 Å². The molecule has 1 saturated heterocycles. The predicted octanol–water partition coefficient (Wildman–Crippen LogP) is -0.248. The van der Waals surface area contributed by atoms with Crippen LogP contribution in [0.25, 0.3) is 0 Å². The molecule has 2 rings (SSSR count). The number of nitrogens with zero attached hydrogens (tertiary/aromatic N) is 1. The zero-order valence-corrected chi connectivity index (χ0v) is 14.2. The quantitative estimate of drug-likeness (QED) is 0.825. The third-order valence-corrected chi connectivity index (χ3v) is 3.90. The van der Waals surface area contributed by atoms with Crippen LogP contribution in [0.1, 0.15) is 32.4 Å². The summed E-state index contributed by atoms with van der Waals surface area (Å²) in [5.74, 6) is -1.62. The summed E-state index contributed by atoms with van der Waals surface area (Å²) in [5.41, 5.74) is -0.0694.